The lowest BCUT2D eigenvalue weighted by atomic mass is 9.90. The Bertz CT molecular complexity index is 945. The average Bonchev–Trinajstić information content (AvgIpc) is 2.79. The third-order valence-electron chi connectivity index (χ3n) is 5.16. The second-order valence-corrected chi connectivity index (χ2v) is 7.13. The number of amides is 1. The summed E-state index contributed by atoms with van der Waals surface area (Å²) in [4.78, 5) is 16.8. The monoisotopic (exact) mass is 426 g/mol. The molecular weight excluding hydrogens is 396 g/mol. The van der Waals surface area contributed by atoms with Crippen LogP contribution in [0.5, 0.6) is 17.2 Å². The second-order valence-electron chi connectivity index (χ2n) is 7.13. The van der Waals surface area contributed by atoms with E-state index in [0.717, 1.165) is 23.4 Å². The molecule has 1 amide bonds. The van der Waals surface area contributed by atoms with Crippen LogP contribution in [0.1, 0.15) is 30.4 Å². The molecule has 8 heteroatoms. The number of benzene rings is 2. The fourth-order valence-electron chi connectivity index (χ4n) is 3.63. The summed E-state index contributed by atoms with van der Waals surface area (Å²) in [6, 6.07) is 11.6. The van der Waals surface area contributed by atoms with Crippen LogP contribution < -0.4 is 30.2 Å². The van der Waals surface area contributed by atoms with Crippen LogP contribution in [0.25, 0.3) is 0 Å². The summed E-state index contributed by atoms with van der Waals surface area (Å²) < 4.78 is 16.2. The maximum Gasteiger partial charge on any atom is 0.225 e. The molecule has 31 heavy (non-hydrogen) atoms. The van der Waals surface area contributed by atoms with E-state index in [0.29, 0.717) is 42.7 Å². The molecule has 3 rings (SSSR count). The summed E-state index contributed by atoms with van der Waals surface area (Å²) in [6.45, 7) is 3.72. The second kappa shape index (κ2) is 10.6. The van der Waals surface area contributed by atoms with Crippen molar-refractivity contribution >= 4 is 17.6 Å². The number of ether oxygens (including phenoxy) is 3. The number of anilines is 1. The van der Waals surface area contributed by atoms with Gasteiger partial charge in [-0.25, -0.2) is 4.99 Å². The largest absolute Gasteiger partial charge is 0.496 e. The van der Waals surface area contributed by atoms with Crippen molar-refractivity contribution in [3.05, 3.63) is 47.5 Å². The third kappa shape index (κ3) is 5.39. The van der Waals surface area contributed by atoms with E-state index in [1.54, 1.807) is 27.4 Å². The van der Waals surface area contributed by atoms with Gasteiger partial charge in [0.05, 0.1) is 27.9 Å². The van der Waals surface area contributed by atoms with Gasteiger partial charge in [-0.3, -0.25) is 4.79 Å². The van der Waals surface area contributed by atoms with Crippen LogP contribution in [0.15, 0.2) is 41.4 Å². The van der Waals surface area contributed by atoms with Gasteiger partial charge in [0.1, 0.15) is 5.75 Å². The molecule has 3 N–H and O–H groups in total. The van der Waals surface area contributed by atoms with Gasteiger partial charge in [-0.15, -0.1) is 0 Å². The van der Waals surface area contributed by atoms with E-state index < -0.39 is 0 Å². The third-order valence-corrected chi connectivity index (χ3v) is 5.16. The van der Waals surface area contributed by atoms with Gasteiger partial charge in [0.15, 0.2) is 17.5 Å². The van der Waals surface area contributed by atoms with Gasteiger partial charge in [-0.05, 0) is 24.6 Å². The highest BCUT2D eigenvalue weighted by Crippen LogP contribution is 2.35. The molecule has 0 bridgehead atoms. The van der Waals surface area contributed by atoms with Gasteiger partial charge in [0.25, 0.3) is 0 Å². The zero-order valence-electron chi connectivity index (χ0n) is 18.5. The summed E-state index contributed by atoms with van der Waals surface area (Å²) in [6.07, 6.45) is 0.437. The Morgan fingerprint density at radius 1 is 1.06 bits per heavy atom. The Balaban J connectivity index is 1.75. The number of guanidine groups is 1. The van der Waals surface area contributed by atoms with Crippen molar-refractivity contribution < 1.29 is 19.0 Å². The Kier molecular flexibility index (Phi) is 7.59. The number of aliphatic imine (C=N–C) groups is 1. The van der Waals surface area contributed by atoms with Crippen LogP contribution in [0.4, 0.5) is 5.69 Å². The number of hydrogen-bond donors (Lipinski definition) is 3. The van der Waals surface area contributed by atoms with Gasteiger partial charge in [-0.1, -0.05) is 18.2 Å². The Labute approximate surface area is 183 Å². The normalized spacial score (nSPS) is 15.5. The van der Waals surface area contributed by atoms with E-state index in [4.69, 9.17) is 19.2 Å². The molecule has 1 atom stereocenters. The van der Waals surface area contributed by atoms with Gasteiger partial charge < -0.3 is 30.2 Å². The highest BCUT2D eigenvalue weighted by Gasteiger charge is 2.24. The SMILES string of the molecule is CCNC(=NCc1cc(OC)c(OC)cc1OC)NCC1CC(=O)Nc2ccccc21. The summed E-state index contributed by atoms with van der Waals surface area (Å²) in [5, 5.41) is 9.56. The van der Waals surface area contributed by atoms with E-state index in [-0.39, 0.29) is 11.8 Å². The number of methoxy groups -OCH3 is 3. The first-order valence-electron chi connectivity index (χ1n) is 10.3. The molecular formula is C23H30N4O4. The van der Waals surface area contributed by atoms with E-state index in [1.165, 1.54) is 0 Å². The topological polar surface area (TPSA) is 93.2 Å². The molecule has 1 unspecified atom stereocenters. The van der Waals surface area contributed by atoms with Crippen molar-refractivity contribution in [1.29, 1.82) is 0 Å². The van der Waals surface area contributed by atoms with Gasteiger partial charge in [0, 0.05) is 42.7 Å². The zero-order valence-corrected chi connectivity index (χ0v) is 18.5. The standard InChI is InChI=1S/C23H30N4O4/c1-5-24-23(25-13-15-11-22(28)27-18-9-7-6-8-17(15)18)26-14-16-10-20(30-3)21(31-4)12-19(16)29-2/h6-10,12,15H,5,11,13-14H2,1-4H3,(H,27,28)(H2,24,25,26). The number of hydrogen-bond acceptors (Lipinski definition) is 5. The van der Waals surface area contributed by atoms with Crippen LogP contribution in [-0.4, -0.2) is 46.3 Å². The van der Waals surface area contributed by atoms with Crippen LogP contribution in [-0.2, 0) is 11.3 Å². The van der Waals surface area contributed by atoms with Crippen LogP contribution in [0.3, 0.4) is 0 Å². The fourth-order valence-corrected chi connectivity index (χ4v) is 3.63. The predicted molar refractivity (Wildman–Crippen MR) is 121 cm³/mol. The molecule has 0 spiro atoms. The first kappa shape index (κ1) is 22.3. The van der Waals surface area contributed by atoms with E-state index in [1.807, 2.05) is 31.2 Å². The molecule has 2 aromatic carbocycles. The molecule has 0 aliphatic carbocycles. The van der Waals surface area contributed by atoms with Crippen molar-refractivity contribution in [3.63, 3.8) is 0 Å². The molecule has 8 nitrogen and oxygen atoms in total. The highest BCUT2D eigenvalue weighted by atomic mass is 16.5. The molecule has 166 valence electrons. The van der Waals surface area contributed by atoms with Crippen molar-refractivity contribution in [1.82, 2.24) is 10.6 Å². The number of rotatable bonds is 8. The lowest BCUT2D eigenvalue weighted by Crippen LogP contribution is -2.40. The lowest BCUT2D eigenvalue weighted by Gasteiger charge is -2.26. The quantitative estimate of drug-likeness (QED) is 0.444. The van der Waals surface area contributed by atoms with E-state index >= 15 is 0 Å². The molecule has 1 heterocycles. The maximum absolute atomic E-state index is 12.1. The molecule has 0 saturated carbocycles. The molecule has 1 aliphatic rings. The Morgan fingerprint density at radius 2 is 1.77 bits per heavy atom. The smallest absolute Gasteiger partial charge is 0.225 e. The summed E-state index contributed by atoms with van der Waals surface area (Å²) >= 11 is 0. The Hall–Kier alpha value is -3.42. The first-order valence-corrected chi connectivity index (χ1v) is 10.3. The summed E-state index contributed by atoms with van der Waals surface area (Å²) in [5.41, 5.74) is 2.88. The zero-order chi connectivity index (χ0) is 22.2. The van der Waals surface area contributed by atoms with Crippen LogP contribution in [0, 0.1) is 0 Å². The average molecular weight is 427 g/mol. The first-order chi connectivity index (χ1) is 15.1. The van der Waals surface area contributed by atoms with Crippen molar-refractivity contribution in [2.24, 2.45) is 4.99 Å². The molecule has 1 aliphatic heterocycles. The summed E-state index contributed by atoms with van der Waals surface area (Å²) in [7, 11) is 4.80. The number of fused-ring (bicyclic) bond motifs is 1. The predicted octanol–water partition coefficient (Wildman–Crippen LogP) is 2.89. The Morgan fingerprint density at radius 3 is 2.48 bits per heavy atom. The summed E-state index contributed by atoms with van der Waals surface area (Å²) in [5.74, 6) is 2.67. The highest BCUT2D eigenvalue weighted by molar-refractivity contribution is 5.94. The van der Waals surface area contributed by atoms with Gasteiger partial charge in [0.2, 0.25) is 5.91 Å². The number of para-hydroxylation sites is 1. The van der Waals surface area contributed by atoms with Crippen molar-refractivity contribution in [3.8, 4) is 17.2 Å². The molecule has 2 aromatic rings. The minimum atomic E-state index is 0.0301. The minimum Gasteiger partial charge on any atom is -0.496 e. The lowest BCUT2D eigenvalue weighted by molar-refractivity contribution is -0.116. The van der Waals surface area contributed by atoms with E-state index in [9.17, 15) is 4.79 Å². The van der Waals surface area contributed by atoms with E-state index in [2.05, 4.69) is 22.0 Å². The van der Waals surface area contributed by atoms with Crippen molar-refractivity contribution in [2.45, 2.75) is 25.8 Å². The number of nitrogens with zero attached hydrogens (tertiary/aromatic N) is 1. The number of nitrogens with one attached hydrogen (secondary N) is 3. The van der Waals surface area contributed by atoms with Crippen LogP contribution >= 0.6 is 0 Å². The maximum atomic E-state index is 12.1. The van der Waals surface area contributed by atoms with Gasteiger partial charge >= 0.3 is 0 Å². The number of carbonyl (C=O) groups excluding carboxylic acids is 1. The van der Waals surface area contributed by atoms with Crippen molar-refractivity contribution in [2.75, 3.05) is 39.7 Å². The van der Waals surface area contributed by atoms with Crippen LogP contribution in [0.2, 0.25) is 0 Å². The minimum absolute atomic E-state index is 0.0301. The molecule has 0 aromatic heterocycles. The fraction of sp³-hybridized carbons (Fsp3) is 0.391. The molecule has 0 fully saturated rings. The van der Waals surface area contributed by atoms with Gasteiger partial charge in [-0.2, -0.15) is 0 Å². The number of carbonyl (C=O) groups is 1. The molecule has 0 saturated heterocycles. The molecule has 0 radical (unpaired) electrons.